The summed E-state index contributed by atoms with van der Waals surface area (Å²) in [5.41, 5.74) is 4.01. The number of rotatable bonds is 6. The summed E-state index contributed by atoms with van der Waals surface area (Å²) in [4.78, 5) is 29.7. The van der Waals surface area contributed by atoms with Crippen LogP contribution in [-0.4, -0.2) is 66.6 Å². The number of nitrogens with zero attached hydrogens (tertiary/aromatic N) is 2. The second kappa shape index (κ2) is 11.6. The standard InChI is InChI=1S/C34H36N2O7/c1-22-29(20-35-16-14-34(15-17-35)40-18-19-41-34)42-33(43-30(22)24-8-6-23(21-37)7-9-24)25-10-12-26(13-11-25)36-31(38)27-4-2-3-5-28(27)32(36)39/h2-13,22,29-30,33,37H,14-21H2,1H3. The fourth-order valence-electron chi connectivity index (χ4n) is 6.65. The monoisotopic (exact) mass is 584 g/mol. The summed E-state index contributed by atoms with van der Waals surface area (Å²) in [5.74, 6) is -1.02. The lowest BCUT2D eigenvalue weighted by atomic mass is 9.89. The van der Waals surface area contributed by atoms with Crippen LogP contribution in [0.5, 0.6) is 0 Å². The third-order valence-electron chi connectivity index (χ3n) is 9.21. The van der Waals surface area contributed by atoms with E-state index in [1.807, 2.05) is 36.4 Å². The van der Waals surface area contributed by atoms with Crippen molar-refractivity contribution < 1.29 is 33.6 Å². The number of aliphatic hydroxyl groups excluding tert-OH is 1. The molecule has 2 amide bonds. The number of carbonyl (C=O) groups is 2. The highest BCUT2D eigenvalue weighted by atomic mass is 16.7. The maximum absolute atomic E-state index is 13.0. The van der Waals surface area contributed by atoms with Crippen LogP contribution < -0.4 is 4.90 Å². The molecule has 9 heteroatoms. The highest BCUT2D eigenvalue weighted by Gasteiger charge is 2.43. The van der Waals surface area contributed by atoms with Gasteiger partial charge in [-0.05, 0) is 35.4 Å². The van der Waals surface area contributed by atoms with E-state index in [4.69, 9.17) is 18.9 Å². The molecule has 4 atom stereocenters. The Bertz CT molecular complexity index is 1440. The van der Waals surface area contributed by atoms with Crippen molar-refractivity contribution in [3.8, 4) is 0 Å². The quantitative estimate of drug-likeness (QED) is 0.420. The molecular formula is C34H36N2O7. The molecule has 0 aromatic heterocycles. The molecular weight excluding hydrogens is 548 g/mol. The van der Waals surface area contributed by atoms with Crippen molar-refractivity contribution in [2.75, 3.05) is 37.7 Å². The van der Waals surface area contributed by atoms with E-state index in [1.54, 1.807) is 36.4 Å². The number of piperidine rings is 1. The minimum absolute atomic E-state index is 0.0148. The van der Waals surface area contributed by atoms with E-state index in [9.17, 15) is 14.7 Å². The van der Waals surface area contributed by atoms with Crippen LogP contribution in [0.4, 0.5) is 5.69 Å². The molecule has 0 aliphatic carbocycles. The Morgan fingerprint density at radius 1 is 0.814 bits per heavy atom. The van der Waals surface area contributed by atoms with E-state index in [0.717, 1.165) is 49.2 Å². The molecule has 9 nitrogen and oxygen atoms in total. The van der Waals surface area contributed by atoms with E-state index in [2.05, 4.69) is 11.8 Å². The lowest BCUT2D eigenvalue weighted by Gasteiger charge is -2.44. The van der Waals surface area contributed by atoms with Gasteiger partial charge in [-0.25, -0.2) is 4.90 Å². The Morgan fingerprint density at radius 3 is 2.02 bits per heavy atom. The van der Waals surface area contributed by atoms with Crippen molar-refractivity contribution in [1.82, 2.24) is 4.90 Å². The first-order chi connectivity index (χ1) is 20.9. The molecule has 224 valence electrons. The molecule has 1 spiro atoms. The molecule has 3 fully saturated rings. The summed E-state index contributed by atoms with van der Waals surface area (Å²) in [6.07, 6.45) is 0.679. The molecule has 1 N–H and O–H groups in total. The third-order valence-corrected chi connectivity index (χ3v) is 9.21. The summed E-state index contributed by atoms with van der Waals surface area (Å²) in [6, 6.07) is 22.0. The number of carbonyl (C=O) groups excluding carboxylic acids is 2. The third kappa shape index (κ3) is 5.31. The Morgan fingerprint density at radius 2 is 1.42 bits per heavy atom. The number of amides is 2. The minimum atomic E-state index is -0.641. The highest BCUT2D eigenvalue weighted by molar-refractivity contribution is 6.34. The SMILES string of the molecule is CC1C(CN2CCC3(CC2)OCCO3)OC(c2ccc(N3C(=O)c4ccccc4C3=O)cc2)OC1c1ccc(CO)cc1. The van der Waals surface area contributed by atoms with Gasteiger partial charge in [0.25, 0.3) is 11.8 Å². The van der Waals surface area contributed by atoms with Crippen molar-refractivity contribution in [1.29, 1.82) is 0 Å². The molecule has 3 aromatic rings. The largest absolute Gasteiger partial charge is 0.392 e. The van der Waals surface area contributed by atoms with Crippen LogP contribution in [0.25, 0.3) is 0 Å². The van der Waals surface area contributed by atoms with Crippen molar-refractivity contribution in [2.24, 2.45) is 5.92 Å². The van der Waals surface area contributed by atoms with Crippen LogP contribution in [-0.2, 0) is 25.6 Å². The van der Waals surface area contributed by atoms with Gasteiger partial charge in [-0.1, -0.05) is 55.5 Å². The maximum atomic E-state index is 13.0. The van der Waals surface area contributed by atoms with E-state index >= 15 is 0 Å². The molecule has 3 saturated heterocycles. The van der Waals surface area contributed by atoms with Crippen LogP contribution in [0.3, 0.4) is 0 Å². The average Bonchev–Trinajstić information content (AvgIpc) is 3.61. The van der Waals surface area contributed by atoms with E-state index < -0.39 is 12.1 Å². The van der Waals surface area contributed by atoms with Crippen molar-refractivity contribution in [3.63, 3.8) is 0 Å². The number of likely N-dealkylation sites (tertiary alicyclic amines) is 1. The van der Waals surface area contributed by atoms with Gasteiger partial charge in [-0.3, -0.25) is 9.59 Å². The number of fused-ring (bicyclic) bond motifs is 1. The van der Waals surface area contributed by atoms with Gasteiger partial charge in [-0.2, -0.15) is 0 Å². The van der Waals surface area contributed by atoms with Crippen LogP contribution in [0.2, 0.25) is 0 Å². The molecule has 0 bridgehead atoms. The number of ether oxygens (including phenoxy) is 4. The average molecular weight is 585 g/mol. The molecule has 4 heterocycles. The fourth-order valence-corrected chi connectivity index (χ4v) is 6.65. The van der Waals surface area contributed by atoms with Crippen LogP contribution in [0.15, 0.2) is 72.8 Å². The van der Waals surface area contributed by atoms with Crippen LogP contribution >= 0.6 is 0 Å². The first kappa shape index (κ1) is 28.3. The van der Waals surface area contributed by atoms with Gasteiger partial charge in [0.05, 0.1) is 48.8 Å². The Hall–Kier alpha value is -3.44. The predicted molar refractivity (Wildman–Crippen MR) is 157 cm³/mol. The number of anilines is 1. The zero-order chi connectivity index (χ0) is 29.6. The van der Waals surface area contributed by atoms with E-state index in [-0.39, 0.29) is 36.5 Å². The van der Waals surface area contributed by atoms with Gasteiger partial charge >= 0.3 is 0 Å². The van der Waals surface area contributed by atoms with Crippen LogP contribution in [0, 0.1) is 5.92 Å². The van der Waals surface area contributed by atoms with Crippen molar-refractivity contribution >= 4 is 17.5 Å². The van der Waals surface area contributed by atoms with Gasteiger partial charge < -0.3 is 29.0 Å². The second-order valence-electron chi connectivity index (χ2n) is 11.8. The summed E-state index contributed by atoms with van der Waals surface area (Å²) in [7, 11) is 0. The lowest BCUT2D eigenvalue weighted by Crippen LogP contribution is -2.50. The molecule has 3 aromatic carbocycles. The molecule has 4 unspecified atom stereocenters. The zero-order valence-corrected chi connectivity index (χ0v) is 24.2. The fraction of sp³-hybridized carbons (Fsp3) is 0.412. The molecule has 0 saturated carbocycles. The predicted octanol–water partition coefficient (Wildman–Crippen LogP) is 4.61. The Labute approximate surface area is 250 Å². The molecule has 4 aliphatic heterocycles. The number of aliphatic hydroxyl groups is 1. The van der Waals surface area contributed by atoms with Gasteiger partial charge in [0.2, 0.25) is 0 Å². The van der Waals surface area contributed by atoms with Gasteiger partial charge in [0, 0.05) is 44.0 Å². The topological polar surface area (TPSA) is 97.8 Å². The first-order valence-corrected chi connectivity index (χ1v) is 15.0. The summed E-state index contributed by atoms with van der Waals surface area (Å²) in [5, 5.41) is 9.55. The maximum Gasteiger partial charge on any atom is 0.266 e. The Balaban J connectivity index is 1.11. The van der Waals surface area contributed by atoms with Crippen molar-refractivity contribution in [2.45, 2.75) is 50.7 Å². The summed E-state index contributed by atoms with van der Waals surface area (Å²) < 4.78 is 25.1. The van der Waals surface area contributed by atoms with Crippen LogP contribution in [0.1, 0.15) is 69.6 Å². The summed E-state index contributed by atoms with van der Waals surface area (Å²) >= 11 is 0. The second-order valence-corrected chi connectivity index (χ2v) is 11.8. The minimum Gasteiger partial charge on any atom is -0.392 e. The lowest BCUT2D eigenvalue weighted by molar-refractivity contribution is -0.278. The zero-order valence-electron chi connectivity index (χ0n) is 24.2. The Kier molecular flexibility index (Phi) is 7.63. The number of hydrogen-bond donors (Lipinski definition) is 1. The van der Waals surface area contributed by atoms with Gasteiger partial charge in [0.15, 0.2) is 12.1 Å². The number of imide groups is 1. The van der Waals surface area contributed by atoms with Gasteiger partial charge in [-0.15, -0.1) is 0 Å². The highest BCUT2D eigenvalue weighted by Crippen LogP contribution is 2.43. The smallest absolute Gasteiger partial charge is 0.266 e. The normalized spacial score (nSPS) is 27.2. The van der Waals surface area contributed by atoms with E-state index in [1.165, 1.54) is 4.90 Å². The molecule has 43 heavy (non-hydrogen) atoms. The first-order valence-electron chi connectivity index (χ1n) is 15.0. The van der Waals surface area contributed by atoms with Crippen molar-refractivity contribution in [3.05, 3.63) is 101 Å². The molecule has 0 radical (unpaired) electrons. The molecule has 7 rings (SSSR count). The summed E-state index contributed by atoms with van der Waals surface area (Å²) in [6.45, 7) is 5.93. The van der Waals surface area contributed by atoms with E-state index in [0.29, 0.717) is 30.0 Å². The van der Waals surface area contributed by atoms with Gasteiger partial charge in [0.1, 0.15) is 0 Å². The number of benzene rings is 3. The molecule has 4 aliphatic rings. The number of hydrogen-bond acceptors (Lipinski definition) is 8.